The highest BCUT2D eigenvalue weighted by atomic mass is 32.2. The molecule has 0 radical (unpaired) electrons. The van der Waals surface area contributed by atoms with Gasteiger partial charge in [-0.2, -0.15) is 0 Å². The first kappa shape index (κ1) is 24.9. The Morgan fingerprint density at radius 2 is 1.72 bits per heavy atom. The van der Waals surface area contributed by atoms with Crippen LogP contribution in [0, 0.1) is 15.9 Å². The molecular weight excluding hydrogens is 487 g/mol. The average Bonchev–Trinajstić information content (AvgIpc) is 3.12. The van der Waals surface area contributed by atoms with Crippen molar-refractivity contribution in [3.63, 3.8) is 0 Å². The maximum atomic E-state index is 13.9. The second-order valence-corrected chi connectivity index (χ2v) is 8.67. The summed E-state index contributed by atoms with van der Waals surface area (Å²) < 4.78 is 25.3. The van der Waals surface area contributed by atoms with E-state index in [-0.39, 0.29) is 35.1 Å². The lowest BCUT2D eigenvalue weighted by molar-refractivity contribution is -0.385. The van der Waals surface area contributed by atoms with Gasteiger partial charge in [-0.15, -0.1) is 0 Å². The molecule has 0 N–H and O–H groups in total. The highest BCUT2D eigenvalue weighted by Crippen LogP contribution is 2.36. The van der Waals surface area contributed by atoms with Crippen LogP contribution in [0.3, 0.4) is 0 Å². The van der Waals surface area contributed by atoms with Crippen LogP contribution in [0.4, 0.5) is 14.9 Å². The number of nitro benzene ring substituents is 1. The van der Waals surface area contributed by atoms with E-state index in [0.717, 1.165) is 16.7 Å². The Morgan fingerprint density at radius 3 is 2.44 bits per heavy atom. The zero-order valence-corrected chi connectivity index (χ0v) is 20.0. The number of hydrogen-bond acceptors (Lipinski definition) is 7. The number of thioether (sulfide) groups is 1. The van der Waals surface area contributed by atoms with Gasteiger partial charge in [0.15, 0.2) is 11.5 Å². The molecule has 1 heterocycles. The van der Waals surface area contributed by atoms with Crippen LogP contribution in [-0.2, 0) is 17.9 Å². The van der Waals surface area contributed by atoms with E-state index < -0.39 is 16.1 Å². The summed E-state index contributed by atoms with van der Waals surface area (Å²) in [5.74, 6) is -0.104. The molecule has 0 bridgehead atoms. The number of carbonyl (C=O) groups is 2. The number of nitrogens with zero attached hydrogens (tertiary/aromatic N) is 2. The summed E-state index contributed by atoms with van der Waals surface area (Å²) in [6.45, 7) is 1.97. The number of nitro groups is 1. The minimum atomic E-state index is -0.546. The summed E-state index contributed by atoms with van der Waals surface area (Å²) in [7, 11) is 0. The second-order valence-electron chi connectivity index (χ2n) is 7.67. The summed E-state index contributed by atoms with van der Waals surface area (Å²) in [6, 6.07) is 17.3. The Balaban J connectivity index is 1.53. The fraction of sp³-hybridized carbons (Fsp3) is 0.154. The van der Waals surface area contributed by atoms with Gasteiger partial charge in [0.25, 0.3) is 16.8 Å². The molecule has 0 aliphatic carbocycles. The molecule has 36 heavy (non-hydrogen) atoms. The molecule has 3 aromatic carbocycles. The van der Waals surface area contributed by atoms with Gasteiger partial charge >= 0.3 is 0 Å². The van der Waals surface area contributed by atoms with Gasteiger partial charge in [-0.05, 0) is 48.5 Å². The summed E-state index contributed by atoms with van der Waals surface area (Å²) in [6.07, 6.45) is 1.55. The van der Waals surface area contributed by atoms with Crippen molar-refractivity contribution in [2.24, 2.45) is 0 Å². The van der Waals surface area contributed by atoms with Gasteiger partial charge in [0.2, 0.25) is 0 Å². The second kappa shape index (κ2) is 11.0. The lowest BCUT2D eigenvalue weighted by Crippen LogP contribution is -2.27. The van der Waals surface area contributed by atoms with Crippen molar-refractivity contribution < 1.29 is 28.4 Å². The first-order valence-electron chi connectivity index (χ1n) is 11.0. The van der Waals surface area contributed by atoms with E-state index in [1.54, 1.807) is 55.5 Å². The van der Waals surface area contributed by atoms with Crippen LogP contribution in [0.2, 0.25) is 0 Å². The van der Waals surface area contributed by atoms with Crippen LogP contribution in [0.5, 0.6) is 11.5 Å². The van der Waals surface area contributed by atoms with E-state index in [9.17, 15) is 24.1 Å². The molecule has 10 heteroatoms. The number of hydrogen-bond donors (Lipinski definition) is 0. The molecule has 1 fully saturated rings. The molecule has 2 amide bonds. The molecule has 3 aromatic rings. The minimum Gasteiger partial charge on any atom is -0.490 e. The fourth-order valence-corrected chi connectivity index (χ4v) is 4.39. The SMILES string of the molecule is CCOc1cc(C=C2SC(=O)N(Cc3ccccc3[N+](=O)[O-])C2=O)ccc1OCc1ccccc1F. The van der Waals surface area contributed by atoms with Crippen LogP contribution in [0.1, 0.15) is 23.6 Å². The van der Waals surface area contributed by atoms with E-state index in [0.29, 0.717) is 29.2 Å². The van der Waals surface area contributed by atoms with E-state index in [1.165, 1.54) is 24.3 Å². The van der Waals surface area contributed by atoms with Gasteiger partial charge in [0, 0.05) is 17.2 Å². The number of carbonyl (C=O) groups excluding carboxylic acids is 2. The number of para-hydroxylation sites is 1. The Labute approximate surface area is 210 Å². The summed E-state index contributed by atoms with van der Waals surface area (Å²) in [4.78, 5) is 37.3. The van der Waals surface area contributed by atoms with E-state index in [2.05, 4.69) is 0 Å². The maximum absolute atomic E-state index is 13.9. The first-order valence-corrected chi connectivity index (χ1v) is 11.8. The van der Waals surface area contributed by atoms with E-state index in [4.69, 9.17) is 9.47 Å². The topological polar surface area (TPSA) is 99.0 Å². The minimum absolute atomic E-state index is 0.0105. The third kappa shape index (κ3) is 5.55. The standard InChI is InChI=1S/C26H21FN2O6S/c1-2-34-23-13-17(11-12-22(23)35-16-19-8-3-5-9-20(19)27)14-24-25(30)28(26(31)36-24)15-18-7-4-6-10-21(18)29(32)33/h3-14H,2,15-16H2,1H3. The summed E-state index contributed by atoms with van der Waals surface area (Å²) >= 11 is 0.758. The summed E-state index contributed by atoms with van der Waals surface area (Å²) in [5, 5.41) is 10.8. The largest absolute Gasteiger partial charge is 0.490 e. The molecule has 1 aliphatic rings. The predicted molar refractivity (Wildman–Crippen MR) is 133 cm³/mol. The lowest BCUT2D eigenvalue weighted by atomic mass is 10.1. The van der Waals surface area contributed by atoms with Crippen molar-refractivity contribution in [3.8, 4) is 11.5 Å². The molecule has 4 rings (SSSR count). The predicted octanol–water partition coefficient (Wildman–Crippen LogP) is 5.95. The molecular formula is C26H21FN2O6S. The van der Waals surface area contributed by atoms with Crippen molar-refractivity contribution in [1.82, 2.24) is 4.90 Å². The zero-order chi connectivity index (χ0) is 25.7. The maximum Gasteiger partial charge on any atom is 0.293 e. The number of rotatable bonds is 9. The van der Waals surface area contributed by atoms with Gasteiger partial charge in [-0.25, -0.2) is 4.39 Å². The molecule has 0 spiro atoms. The molecule has 1 aliphatic heterocycles. The Morgan fingerprint density at radius 1 is 1.00 bits per heavy atom. The van der Waals surface area contributed by atoms with Crippen LogP contribution < -0.4 is 9.47 Å². The van der Waals surface area contributed by atoms with Crippen molar-refractivity contribution in [2.75, 3.05) is 6.61 Å². The highest BCUT2D eigenvalue weighted by Gasteiger charge is 2.36. The average molecular weight is 509 g/mol. The molecule has 0 atom stereocenters. The summed E-state index contributed by atoms with van der Waals surface area (Å²) in [5.41, 5.74) is 1.10. The van der Waals surface area contributed by atoms with Crippen molar-refractivity contribution in [2.45, 2.75) is 20.1 Å². The van der Waals surface area contributed by atoms with Gasteiger partial charge in [-0.3, -0.25) is 24.6 Å². The molecule has 184 valence electrons. The number of amides is 2. The van der Waals surface area contributed by atoms with Crippen molar-refractivity contribution in [3.05, 3.63) is 104 Å². The van der Waals surface area contributed by atoms with Gasteiger partial charge in [0.05, 0.1) is 23.0 Å². The van der Waals surface area contributed by atoms with Crippen molar-refractivity contribution in [1.29, 1.82) is 0 Å². The van der Waals surface area contributed by atoms with Gasteiger partial charge in [-0.1, -0.05) is 42.5 Å². The Hall–Kier alpha value is -4.18. The lowest BCUT2D eigenvalue weighted by Gasteiger charge is -2.13. The monoisotopic (exact) mass is 508 g/mol. The van der Waals surface area contributed by atoms with E-state index in [1.807, 2.05) is 0 Å². The smallest absolute Gasteiger partial charge is 0.293 e. The van der Waals surface area contributed by atoms with Gasteiger partial charge in [0.1, 0.15) is 12.4 Å². The first-order chi connectivity index (χ1) is 17.4. The number of benzene rings is 3. The molecule has 0 aromatic heterocycles. The van der Waals surface area contributed by atoms with Crippen LogP contribution >= 0.6 is 11.8 Å². The molecule has 1 saturated heterocycles. The zero-order valence-electron chi connectivity index (χ0n) is 19.2. The van der Waals surface area contributed by atoms with Crippen LogP contribution in [0.25, 0.3) is 6.08 Å². The molecule has 0 unspecified atom stereocenters. The normalized spacial score (nSPS) is 14.4. The Kier molecular flexibility index (Phi) is 7.65. The number of imide groups is 1. The highest BCUT2D eigenvalue weighted by molar-refractivity contribution is 8.18. The number of halogens is 1. The fourth-order valence-electron chi connectivity index (χ4n) is 3.55. The van der Waals surface area contributed by atoms with Crippen molar-refractivity contribution >= 4 is 34.7 Å². The third-order valence-electron chi connectivity index (χ3n) is 5.30. The van der Waals surface area contributed by atoms with E-state index >= 15 is 0 Å². The molecule has 0 saturated carbocycles. The number of ether oxygens (including phenoxy) is 2. The quantitative estimate of drug-likeness (QED) is 0.200. The third-order valence-corrected chi connectivity index (χ3v) is 6.20. The molecule has 8 nitrogen and oxygen atoms in total. The van der Waals surface area contributed by atoms with Gasteiger partial charge < -0.3 is 9.47 Å². The van der Waals surface area contributed by atoms with Crippen LogP contribution in [0.15, 0.2) is 71.6 Å². The Bertz CT molecular complexity index is 1360. The van der Waals surface area contributed by atoms with Crippen LogP contribution in [-0.4, -0.2) is 27.6 Å².